The molecule has 0 saturated carbocycles. The molecule has 13 aromatic rings. The Labute approximate surface area is 401 Å². The van der Waals surface area contributed by atoms with Crippen LogP contribution < -0.4 is 0 Å². The van der Waals surface area contributed by atoms with Crippen molar-refractivity contribution in [3.63, 3.8) is 0 Å². The Bertz CT molecular complexity index is 4030. The first kappa shape index (κ1) is 39.9. The van der Waals surface area contributed by atoms with Gasteiger partial charge in [-0.25, -0.2) is 19.9 Å². The number of aromatic nitrogens is 4. The van der Waals surface area contributed by atoms with Crippen LogP contribution in [0, 0.1) is 0 Å². The van der Waals surface area contributed by atoms with Crippen LogP contribution in [0.3, 0.4) is 0 Å². The van der Waals surface area contributed by atoms with Crippen LogP contribution in [0.5, 0.6) is 0 Å². The van der Waals surface area contributed by atoms with Crippen molar-refractivity contribution in [3.05, 3.63) is 231 Å². The predicted molar refractivity (Wildman–Crippen MR) is 287 cm³/mol. The summed E-state index contributed by atoms with van der Waals surface area (Å²) in [6.45, 7) is 0. The maximum absolute atomic E-state index is 5.38. The Balaban J connectivity index is 0.848. The van der Waals surface area contributed by atoms with E-state index >= 15 is 0 Å². The van der Waals surface area contributed by atoms with Gasteiger partial charge in [-0.05, 0) is 80.9 Å². The number of thiophene rings is 2. The fourth-order valence-electron chi connectivity index (χ4n) is 9.40. The molecule has 4 heterocycles. The van der Waals surface area contributed by atoms with E-state index in [4.69, 9.17) is 19.9 Å². The van der Waals surface area contributed by atoms with Gasteiger partial charge in [-0.2, -0.15) is 0 Å². The lowest BCUT2D eigenvalue weighted by molar-refractivity contribution is 1.24. The van der Waals surface area contributed by atoms with Crippen molar-refractivity contribution in [2.24, 2.45) is 0 Å². The van der Waals surface area contributed by atoms with E-state index in [2.05, 4.69) is 231 Å². The maximum Gasteiger partial charge on any atom is 0.161 e. The summed E-state index contributed by atoms with van der Waals surface area (Å²) in [5.41, 5.74) is 15.1. The molecule has 0 saturated heterocycles. The second kappa shape index (κ2) is 16.8. The zero-order valence-electron chi connectivity index (χ0n) is 36.5. The number of rotatable bonds is 8. The molecule has 0 unspecified atom stereocenters. The van der Waals surface area contributed by atoms with Crippen molar-refractivity contribution in [3.8, 4) is 89.8 Å². The minimum Gasteiger partial charge on any atom is -0.227 e. The third-order valence-electron chi connectivity index (χ3n) is 12.8. The molecule has 0 spiro atoms. The van der Waals surface area contributed by atoms with Crippen molar-refractivity contribution in [2.75, 3.05) is 0 Å². The summed E-state index contributed by atoms with van der Waals surface area (Å²) in [6, 6.07) is 81.6. The largest absolute Gasteiger partial charge is 0.227 e. The first-order valence-corrected chi connectivity index (χ1v) is 24.3. The number of benzene rings is 9. The molecule has 0 aliphatic rings. The van der Waals surface area contributed by atoms with Gasteiger partial charge in [-0.1, -0.05) is 194 Å². The molecule has 13 rings (SSSR count). The minimum atomic E-state index is 0.709. The number of hydrogen-bond acceptors (Lipinski definition) is 6. The minimum absolute atomic E-state index is 0.709. The second-order valence-electron chi connectivity index (χ2n) is 17.0. The first-order valence-electron chi connectivity index (χ1n) is 22.7. The lowest BCUT2D eigenvalue weighted by Gasteiger charge is -2.11. The highest BCUT2D eigenvalue weighted by molar-refractivity contribution is 7.26. The molecule has 9 aromatic carbocycles. The molecule has 0 aliphatic heterocycles. The summed E-state index contributed by atoms with van der Waals surface area (Å²) in [5, 5.41) is 4.55. The van der Waals surface area contributed by atoms with Gasteiger partial charge in [0.2, 0.25) is 0 Å². The van der Waals surface area contributed by atoms with Crippen LogP contribution in [0.15, 0.2) is 231 Å². The average Bonchev–Trinajstić information content (AvgIpc) is 4.00. The van der Waals surface area contributed by atoms with E-state index in [0.29, 0.717) is 11.6 Å². The van der Waals surface area contributed by atoms with Gasteiger partial charge in [0, 0.05) is 53.2 Å². The van der Waals surface area contributed by atoms with Gasteiger partial charge in [0.1, 0.15) is 9.66 Å². The fraction of sp³-hybridized carbons (Fsp3) is 0. The molecule has 0 amide bonds. The highest BCUT2D eigenvalue weighted by Gasteiger charge is 2.20. The molecule has 0 fully saturated rings. The monoisotopic (exact) mass is 902 g/mol. The van der Waals surface area contributed by atoms with E-state index < -0.39 is 0 Å². The van der Waals surface area contributed by atoms with Crippen molar-refractivity contribution in [1.29, 1.82) is 0 Å². The topological polar surface area (TPSA) is 51.6 Å². The third kappa shape index (κ3) is 7.24. The average molecular weight is 903 g/mol. The Morgan fingerprint density at radius 1 is 0.235 bits per heavy atom. The van der Waals surface area contributed by atoms with E-state index in [0.717, 1.165) is 87.5 Å². The normalized spacial score (nSPS) is 11.5. The molecule has 0 radical (unpaired) electrons. The SMILES string of the molecule is c1ccc(-c2cccc(-c3nc(-c4ccc(-c5cccc(-c6cccc(-c7nc(-c8cccc(-c9ccccc9)c8)c8c(n7)sc7ccccc78)c6)c5)cc4)nc4sc5ccccc5c34)c2)cc1. The smallest absolute Gasteiger partial charge is 0.161 e. The molecule has 4 nitrogen and oxygen atoms in total. The Kier molecular flexibility index (Phi) is 9.85. The highest BCUT2D eigenvalue weighted by atomic mass is 32.1. The number of hydrogen-bond donors (Lipinski definition) is 0. The van der Waals surface area contributed by atoms with Crippen LogP contribution in [0.2, 0.25) is 0 Å². The van der Waals surface area contributed by atoms with Crippen LogP contribution in [-0.2, 0) is 0 Å². The Morgan fingerprint density at radius 2 is 0.559 bits per heavy atom. The zero-order valence-corrected chi connectivity index (χ0v) is 38.2. The molecule has 0 aliphatic carbocycles. The quantitative estimate of drug-likeness (QED) is 0.152. The number of nitrogens with zero attached hydrogens (tertiary/aromatic N) is 4. The predicted octanol–water partition coefficient (Wildman–Crippen LogP) is 17.3. The van der Waals surface area contributed by atoms with E-state index in [1.807, 2.05) is 0 Å². The Morgan fingerprint density at radius 3 is 1.04 bits per heavy atom. The van der Waals surface area contributed by atoms with Crippen LogP contribution in [0.25, 0.3) is 130 Å². The molecule has 318 valence electrons. The molecule has 6 heteroatoms. The summed E-state index contributed by atoms with van der Waals surface area (Å²) in [6.07, 6.45) is 0. The number of fused-ring (bicyclic) bond motifs is 6. The van der Waals surface area contributed by atoms with Crippen LogP contribution in [0.1, 0.15) is 0 Å². The van der Waals surface area contributed by atoms with Crippen molar-refractivity contribution < 1.29 is 0 Å². The molecule has 68 heavy (non-hydrogen) atoms. The van der Waals surface area contributed by atoms with Gasteiger partial charge < -0.3 is 0 Å². The van der Waals surface area contributed by atoms with E-state index in [1.165, 1.54) is 31.3 Å². The van der Waals surface area contributed by atoms with Crippen LogP contribution in [0.4, 0.5) is 0 Å². The van der Waals surface area contributed by atoms with Crippen molar-refractivity contribution in [1.82, 2.24) is 19.9 Å². The van der Waals surface area contributed by atoms with Crippen molar-refractivity contribution in [2.45, 2.75) is 0 Å². The van der Waals surface area contributed by atoms with Crippen LogP contribution in [-0.4, -0.2) is 19.9 Å². The molecule has 0 atom stereocenters. The van der Waals surface area contributed by atoms with Gasteiger partial charge >= 0.3 is 0 Å². The van der Waals surface area contributed by atoms with E-state index in [9.17, 15) is 0 Å². The zero-order chi connectivity index (χ0) is 45.0. The van der Waals surface area contributed by atoms with Gasteiger partial charge in [0.05, 0.1) is 11.4 Å². The molecule has 4 aromatic heterocycles. The fourth-order valence-corrected chi connectivity index (χ4v) is 11.6. The highest BCUT2D eigenvalue weighted by Crippen LogP contribution is 2.43. The van der Waals surface area contributed by atoms with Crippen LogP contribution >= 0.6 is 22.7 Å². The molecular formula is C62H38N4S2. The molecule has 0 bridgehead atoms. The van der Waals surface area contributed by atoms with Crippen molar-refractivity contribution >= 4 is 63.3 Å². The standard InChI is InChI=1S/C62H38N4S2/c1-3-15-39(16-4-1)44-20-12-24-48(36-44)57-55-51-27-7-9-29-53(51)67-61(55)65-59(63-57)42-33-31-41(32-34-42)43-19-11-22-46(35-43)47-23-14-26-50(38-47)60-64-58(56-52-28-8-10-30-54(52)68-62(56)66-60)49-25-13-21-45(37-49)40-17-5-2-6-18-40/h1-38H. The summed E-state index contributed by atoms with van der Waals surface area (Å²) < 4.78 is 2.40. The van der Waals surface area contributed by atoms with Gasteiger partial charge in [-0.15, -0.1) is 22.7 Å². The second-order valence-corrected chi connectivity index (χ2v) is 19.0. The summed E-state index contributed by atoms with van der Waals surface area (Å²) in [7, 11) is 0. The van der Waals surface area contributed by atoms with Gasteiger partial charge in [0.15, 0.2) is 11.6 Å². The summed E-state index contributed by atoms with van der Waals surface area (Å²) in [5.74, 6) is 1.42. The maximum atomic E-state index is 5.38. The molecule has 0 N–H and O–H groups in total. The van der Waals surface area contributed by atoms with Gasteiger partial charge in [-0.3, -0.25) is 0 Å². The van der Waals surface area contributed by atoms with Gasteiger partial charge in [0.25, 0.3) is 0 Å². The van der Waals surface area contributed by atoms with E-state index in [-0.39, 0.29) is 0 Å². The molecular weight excluding hydrogens is 865 g/mol. The third-order valence-corrected chi connectivity index (χ3v) is 14.9. The Hall–Kier alpha value is -8.42. The lowest BCUT2D eigenvalue weighted by Crippen LogP contribution is -1.94. The lowest BCUT2D eigenvalue weighted by atomic mass is 9.97. The summed E-state index contributed by atoms with van der Waals surface area (Å²) >= 11 is 3.44. The summed E-state index contributed by atoms with van der Waals surface area (Å²) in [4.78, 5) is 23.1. The first-order chi connectivity index (χ1) is 33.7. The van der Waals surface area contributed by atoms with E-state index in [1.54, 1.807) is 22.7 Å².